The van der Waals surface area contributed by atoms with Crippen molar-refractivity contribution in [3.63, 3.8) is 0 Å². The van der Waals surface area contributed by atoms with Crippen LogP contribution in [-0.2, 0) is 9.59 Å². The molecule has 3 amide bonds. The maximum Gasteiger partial charge on any atom is 0.280 e. The van der Waals surface area contributed by atoms with Crippen LogP contribution in [-0.4, -0.2) is 33.8 Å². The number of fused-ring (bicyclic) bond motifs is 1. The molecule has 1 aromatic heterocycles. The van der Waals surface area contributed by atoms with E-state index in [1.54, 1.807) is 18.2 Å². The molecule has 37 heavy (non-hydrogen) atoms. The molecule has 4 aromatic rings. The average Bonchev–Trinajstić information content (AvgIpc) is 3.46. The quantitative estimate of drug-likeness (QED) is 0.157. The Hall–Kier alpha value is -4.77. The van der Waals surface area contributed by atoms with E-state index in [1.807, 2.05) is 25.1 Å². The minimum Gasteiger partial charge on any atom is -0.274 e. The van der Waals surface area contributed by atoms with Crippen molar-refractivity contribution in [2.24, 2.45) is 5.10 Å². The van der Waals surface area contributed by atoms with E-state index in [2.05, 4.69) is 10.1 Å². The summed E-state index contributed by atoms with van der Waals surface area (Å²) in [5.41, 5.74) is 2.76. The molecule has 5 rings (SSSR count). The predicted octanol–water partition coefficient (Wildman–Crippen LogP) is 4.85. The summed E-state index contributed by atoms with van der Waals surface area (Å²) >= 11 is 1.29. The Morgan fingerprint density at radius 1 is 1.08 bits per heavy atom. The summed E-state index contributed by atoms with van der Waals surface area (Å²) in [7, 11) is 0. The third kappa shape index (κ3) is 4.84. The first-order valence-corrected chi connectivity index (χ1v) is 12.1. The number of hydrogen-bond acceptors (Lipinski definition) is 8. The van der Waals surface area contributed by atoms with Crippen molar-refractivity contribution in [3.05, 3.63) is 93.5 Å². The number of non-ortho nitro benzene ring substituents is 1. The van der Waals surface area contributed by atoms with Gasteiger partial charge in [0.2, 0.25) is 16.9 Å². The standard InChI is InChI=1S/C26H19N5O5S/c1-16-5-10-21-22(13-16)37-26(28-21)30(27-15-17-6-8-19(9-7-17)31(35)36)25(34)18-3-2-4-20(14-18)29-23(32)11-12-24(29)33/h2-10,13-15H,11-12H2,1H3/b27-15+. The molecule has 11 heteroatoms. The molecule has 0 unspecified atom stereocenters. The van der Waals surface area contributed by atoms with Crippen molar-refractivity contribution in [3.8, 4) is 0 Å². The fourth-order valence-corrected chi connectivity index (χ4v) is 4.89. The summed E-state index contributed by atoms with van der Waals surface area (Å²) in [6.07, 6.45) is 1.68. The lowest BCUT2D eigenvalue weighted by Crippen LogP contribution is -2.29. The fourth-order valence-electron chi connectivity index (χ4n) is 3.87. The zero-order valence-electron chi connectivity index (χ0n) is 19.5. The van der Waals surface area contributed by atoms with Gasteiger partial charge in [-0.25, -0.2) is 4.98 Å². The molecule has 3 aromatic carbocycles. The number of hydrazone groups is 1. The summed E-state index contributed by atoms with van der Waals surface area (Å²) in [5.74, 6) is -1.15. The molecule has 0 spiro atoms. The highest BCUT2D eigenvalue weighted by Crippen LogP contribution is 2.31. The monoisotopic (exact) mass is 513 g/mol. The molecule has 1 aliphatic heterocycles. The Labute approximate surface area is 214 Å². The van der Waals surface area contributed by atoms with E-state index < -0.39 is 10.8 Å². The first-order chi connectivity index (χ1) is 17.8. The molecule has 0 N–H and O–H groups in total. The Kier molecular flexibility index (Phi) is 6.28. The number of thiazole rings is 1. The van der Waals surface area contributed by atoms with Gasteiger partial charge in [0.25, 0.3) is 11.6 Å². The van der Waals surface area contributed by atoms with Crippen LogP contribution in [0.5, 0.6) is 0 Å². The van der Waals surface area contributed by atoms with Gasteiger partial charge in [0.1, 0.15) is 0 Å². The molecule has 0 aliphatic carbocycles. The van der Waals surface area contributed by atoms with Gasteiger partial charge in [-0.05, 0) is 60.5 Å². The fraction of sp³-hybridized carbons (Fsp3) is 0.115. The van der Waals surface area contributed by atoms with Crippen LogP contribution < -0.4 is 9.91 Å². The number of aryl methyl sites for hydroxylation is 1. The van der Waals surface area contributed by atoms with Crippen LogP contribution in [0.4, 0.5) is 16.5 Å². The Balaban J connectivity index is 1.53. The zero-order chi connectivity index (χ0) is 26.1. The minimum atomic E-state index is -0.519. The lowest BCUT2D eigenvalue weighted by molar-refractivity contribution is -0.384. The number of nitrogens with zero attached hydrogens (tertiary/aromatic N) is 5. The van der Waals surface area contributed by atoms with E-state index >= 15 is 0 Å². The summed E-state index contributed by atoms with van der Waals surface area (Å²) in [5, 5.41) is 16.8. The van der Waals surface area contributed by atoms with Crippen LogP contribution in [0.1, 0.15) is 34.3 Å². The first-order valence-electron chi connectivity index (χ1n) is 11.3. The molecular weight excluding hydrogens is 494 g/mol. The summed E-state index contributed by atoms with van der Waals surface area (Å²) in [4.78, 5) is 54.2. The highest BCUT2D eigenvalue weighted by molar-refractivity contribution is 7.22. The van der Waals surface area contributed by atoms with Crippen molar-refractivity contribution in [1.82, 2.24) is 4.98 Å². The van der Waals surface area contributed by atoms with Gasteiger partial charge in [0.05, 0.1) is 27.0 Å². The summed E-state index contributed by atoms with van der Waals surface area (Å²) in [6.45, 7) is 1.96. The number of carbonyl (C=O) groups excluding carboxylic acids is 3. The number of anilines is 2. The van der Waals surface area contributed by atoms with E-state index in [0.717, 1.165) is 20.2 Å². The second-order valence-corrected chi connectivity index (χ2v) is 9.36. The molecule has 184 valence electrons. The predicted molar refractivity (Wildman–Crippen MR) is 140 cm³/mol. The largest absolute Gasteiger partial charge is 0.280 e. The topological polar surface area (TPSA) is 126 Å². The smallest absolute Gasteiger partial charge is 0.274 e. The van der Waals surface area contributed by atoms with E-state index in [4.69, 9.17) is 0 Å². The maximum absolute atomic E-state index is 13.7. The van der Waals surface area contributed by atoms with Gasteiger partial charge in [0, 0.05) is 30.5 Å². The number of aromatic nitrogens is 1. The highest BCUT2D eigenvalue weighted by atomic mass is 32.1. The van der Waals surface area contributed by atoms with Gasteiger partial charge in [-0.1, -0.05) is 23.5 Å². The van der Waals surface area contributed by atoms with Gasteiger partial charge < -0.3 is 0 Å². The van der Waals surface area contributed by atoms with Crippen molar-refractivity contribution < 1.29 is 19.3 Å². The minimum absolute atomic E-state index is 0.0607. The number of hydrogen-bond donors (Lipinski definition) is 0. The number of carbonyl (C=O) groups is 3. The summed E-state index contributed by atoms with van der Waals surface area (Å²) in [6, 6.07) is 17.7. The van der Waals surface area contributed by atoms with Crippen molar-refractivity contribution in [1.29, 1.82) is 0 Å². The van der Waals surface area contributed by atoms with Crippen molar-refractivity contribution >= 4 is 62.0 Å². The van der Waals surface area contributed by atoms with Crippen LogP contribution in [0.15, 0.2) is 71.8 Å². The van der Waals surface area contributed by atoms with E-state index in [1.165, 1.54) is 47.9 Å². The number of nitro groups is 1. The van der Waals surface area contributed by atoms with Crippen LogP contribution in [0, 0.1) is 17.0 Å². The Morgan fingerprint density at radius 3 is 2.51 bits per heavy atom. The number of benzene rings is 3. The normalized spacial score (nSPS) is 13.6. The molecule has 0 radical (unpaired) electrons. The lowest BCUT2D eigenvalue weighted by atomic mass is 10.1. The Bertz CT molecular complexity index is 1580. The van der Waals surface area contributed by atoms with E-state index in [-0.39, 0.29) is 35.9 Å². The first kappa shape index (κ1) is 23.9. The highest BCUT2D eigenvalue weighted by Gasteiger charge is 2.31. The maximum atomic E-state index is 13.7. The number of imide groups is 1. The number of amides is 3. The third-order valence-corrected chi connectivity index (χ3v) is 6.73. The Morgan fingerprint density at radius 2 is 1.81 bits per heavy atom. The second kappa shape index (κ2) is 9.70. The molecule has 0 saturated carbocycles. The number of rotatable bonds is 6. The van der Waals surface area contributed by atoms with Gasteiger partial charge >= 0.3 is 0 Å². The van der Waals surface area contributed by atoms with Crippen LogP contribution in [0.2, 0.25) is 0 Å². The third-order valence-electron chi connectivity index (χ3n) is 5.74. The molecule has 1 aliphatic rings. The van der Waals surface area contributed by atoms with Crippen LogP contribution in [0.25, 0.3) is 10.2 Å². The van der Waals surface area contributed by atoms with E-state index in [9.17, 15) is 24.5 Å². The van der Waals surface area contributed by atoms with Crippen molar-refractivity contribution in [2.45, 2.75) is 19.8 Å². The molecule has 2 heterocycles. The molecule has 10 nitrogen and oxygen atoms in total. The summed E-state index contributed by atoms with van der Waals surface area (Å²) < 4.78 is 0.875. The molecule has 1 saturated heterocycles. The lowest BCUT2D eigenvalue weighted by Gasteiger charge is -2.17. The molecular formula is C26H19N5O5S. The van der Waals surface area contributed by atoms with Crippen LogP contribution in [0.3, 0.4) is 0 Å². The SMILES string of the molecule is Cc1ccc2nc(N(/N=C/c3ccc([N+](=O)[O-])cc3)C(=O)c3cccc(N4C(=O)CCC4=O)c3)sc2c1. The van der Waals surface area contributed by atoms with Crippen molar-refractivity contribution in [2.75, 3.05) is 9.91 Å². The van der Waals surface area contributed by atoms with Gasteiger partial charge in [-0.2, -0.15) is 10.1 Å². The zero-order valence-corrected chi connectivity index (χ0v) is 20.3. The second-order valence-electron chi connectivity index (χ2n) is 8.35. The number of nitro benzene ring substituents is 1. The molecule has 1 fully saturated rings. The van der Waals surface area contributed by atoms with E-state index in [0.29, 0.717) is 21.9 Å². The van der Waals surface area contributed by atoms with Gasteiger partial charge in [-0.15, -0.1) is 0 Å². The van der Waals surface area contributed by atoms with Gasteiger partial charge in [0.15, 0.2) is 0 Å². The van der Waals surface area contributed by atoms with Gasteiger partial charge in [-0.3, -0.25) is 29.4 Å². The molecule has 0 atom stereocenters. The molecule has 0 bridgehead atoms. The average molecular weight is 514 g/mol. The van der Waals surface area contributed by atoms with Crippen LogP contribution >= 0.6 is 11.3 Å².